The number of amides is 1. The number of aryl methyl sites for hydroxylation is 1. The van der Waals surface area contributed by atoms with Crippen LogP contribution >= 0.6 is 11.6 Å². The van der Waals surface area contributed by atoms with Gasteiger partial charge in [0.05, 0.1) is 0 Å². The zero-order chi connectivity index (χ0) is 12.3. The van der Waals surface area contributed by atoms with E-state index in [0.29, 0.717) is 11.4 Å². The molecule has 1 rings (SSSR count). The third kappa shape index (κ3) is 3.74. The maximum Gasteiger partial charge on any atom is 0.405 e. The molecule has 0 fully saturated rings. The first-order valence-electron chi connectivity index (χ1n) is 5.06. The number of halogens is 1. The van der Waals surface area contributed by atoms with E-state index in [1.54, 1.807) is 0 Å². The van der Waals surface area contributed by atoms with Crippen molar-refractivity contribution < 1.29 is 9.90 Å². The number of rotatable bonds is 3. The lowest BCUT2D eigenvalue weighted by molar-refractivity contribution is 0.182. The van der Waals surface area contributed by atoms with Crippen molar-refractivity contribution in [2.75, 3.05) is 0 Å². The van der Waals surface area contributed by atoms with Gasteiger partial charge in [0.2, 0.25) is 0 Å². The zero-order valence-corrected chi connectivity index (χ0v) is 10.4. The Kier molecular flexibility index (Phi) is 3.81. The van der Waals surface area contributed by atoms with E-state index in [0.717, 1.165) is 11.1 Å². The van der Waals surface area contributed by atoms with Crippen LogP contribution in [0.25, 0.3) is 0 Å². The van der Waals surface area contributed by atoms with Crippen molar-refractivity contribution in [2.24, 2.45) is 0 Å². The van der Waals surface area contributed by atoms with Crippen LogP contribution in [0, 0.1) is 6.92 Å². The standard InChI is InChI=1S/C12H16ClNO2/c1-8-6-10(13)5-4-9(8)7-12(2,3)14-11(15)16/h4-6,14H,7H2,1-3H3,(H,15,16). The van der Waals surface area contributed by atoms with Crippen molar-refractivity contribution in [3.8, 4) is 0 Å². The van der Waals surface area contributed by atoms with Gasteiger partial charge in [-0.05, 0) is 50.5 Å². The van der Waals surface area contributed by atoms with Crippen molar-refractivity contribution in [1.29, 1.82) is 0 Å². The number of carbonyl (C=O) groups is 1. The monoisotopic (exact) mass is 241 g/mol. The molecule has 0 spiro atoms. The minimum absolute atomic E-state index is 0.482. The SMILES string of the molecule is Cc1cc(Cl)ccc1CC(C)(C)NC(=O)O. The molecule has 0 unspecified atom stereocenters. The lowest BCUT2D eigenvalue weighted by Crippen LogP contribution is -2.44. The fourth-order valence-corrected chi connectivity index (χ4v) is 1.89. The minimum Gasteiger partial charge on any atom is -0.465 e. The normalized spacial score (nSPS) is 11.2. The molecule has 4 heteroatoms. The quantitative estimate of drug-likeness (QED) is 0.854. The van der Waals surface area contributed by atoms with Crippen LogP contribution in [0.2, 0.25) is 5.02 Å². The summed E-state index contributed by atoms with van der Waals surface area (Å²) in [5.41, 5.74) is 1.70. The van der Waals surface area contributed by atoms with E-state index in [-0.39, 0.29) is 0 Å². The third-order valence-electron chi connectivity index (χ3n) is 2.38. The molecule has 3 nitrogen and oxygen atoms in total. The van der Waals surface area contributed by atoms with Crippen LogP contribution in [0.1, 0.15) is 25.0 Å². The first-order valence-corrected chi connectivity index (χ1v) is 5.44. The zero-order valence-electron chi connectivity index (χ0n) is 9.67. The molecule has 0 heterocycles. The van der Waals surface area contributed by atoms with Crippen molar-refractivity contribution in [3.63, 3.8) is 0 Å². The van der Waals surface area contributed by atoms with Gasteiger partial charge >= 0.3 is 6.09 Å². The molecule has 0 aromatic heterocycles. The minimum atomic E-state index is -1.00. The van der Waals surface area contributed by atoms with E-state index in [1.165, 1.54) is 0 Å². The van der Waals surface area contributed by atoms with Gasteiger partial charge in [0.15, 0.2) is 0 Å². The lowest BCUT2D eigenvalue weighted by Gasteiger charge is -2.25. The smallest absolute Gasteiger partial charge is 0.405 e. The van der Waals surface area contributed by atoms with Crippen molar-refractivity contribution in [2.45, 2.75) is 32.7 Å². The summed E-state index contributed by atoms with van der Waals surface area (Å²) in [5, 5.41) is 11.9. The summed E-state index contributed by atoms with van der Waals surface area (Å²) in [4.78, 5) is 10.6. The summed E-state index contributed by atoms with van der Waals surface area (Å²) in [5.74, 6) is 0. The van der Waals surface area contributed by atoms with Gasteiger partial charge in [-0.3, -0.25) is 0 Å². The second kappa shape index (κ2) is 4.74. The third-order valence-corrected chi connectivity index (χ3v) is 2.62. The summed E-state index contributed by atoms with van der Waals surface area (Å²) in [6.45, 7) is 5.68. The Bertz CT molecular complexity index is 402. The van der Waals surface area contributed by atoms with E-state index < -0.39 is 11.6 Å². The van der Waals surface area contributed by atoms with Crippen molar-refractivity contribution in [1.82, 2.24) is 5.32 Å². The molecular weight excluding hydrogens is 226 g/mol. The molecule has 0 aliphatic heterocycles. The second-order valence-corrected chi connectivity index (χ2v) is 5.00. The largest absolute Gasteiger partial charge is 0.465 e. The van der Waals surface area contributed by atoms with Gasteiger partial charge in [0.25, 0.3) is 0 Å². The average molecular weight is 242 g/mol. The van der Waals surface area contributed by atoms with Crippen molar-refractivity contribution in [3.05, 3.63) is 34.3 Å². The van der Waals surface area contributed by atoms with Gasteiger partial charge in [-0.1, -0.05) is 17.7 Å². The van der Waals surface area contributed by atoms with Crippen LogP contribution in [-0.4, -0.2) is 16.7 Å². The Balaban J connectivity index is 2.83. The Morgan fingerprint density at radius 1 is 1.50 bits per heavy atom. The van der Waals surface area contributed by atoms with Crippen LogP contribution in [0.3, 0.4) is 0 Å². The highest BCUT2D eigenvalue weighted by atomic mass is 35.5. The predicted molar refractivity (Wildman–Crippen MR) is 65.1 cm³/mol. The molecule has 2 N–H and O–H groups in total. The summed E-state index contributed by atoms with van der Waals surface area (Å²) < 4.78 is 0. The number of benzene rings is 1. The summed E-state index contributed by atoms with van der Waals surface area (Å²) in [6.07, 6.45) is -0.362. The maximum absolute atomic E-state index is 10.6. The average Bonchev–Trinajstić information content (AvgIpc) is 2.07. The van der Waals surface area contributed by atoms with Gasteiger partial charge < -0.3 is 10.4 Å². The lowest BCUT2D eigenvalue weighted by atomic mass is 9.92. The van der Waals surface area contributed by atoms with Crippen LogP contribution in [-0.2, 0) is 6.42 Å². The Morgan fingerprint density at radius 3 is 2.62 bits per heavy atom. The van der Waals surface area contributed by atoms with Gasteiger partial charge in [0.1, 0.15) is 0 Å². The number of hydrogen-bond acceptors (Lipinski definition) is 1. The molecule has 88 valence electrons. The highest BCUT2D eigenvalue weighted by molar-refractivity contribution is 6.30. The van der Waals surface area contributed by atoms with E-state index in [9.17, 15) is 4.79 Å². The molecule has 0 saturated heterocycles. The molecule has 0 aliphatic rings. The van der Waals surface area contributed by atoms with Gasteiger partial charge in [-0.15, -0.1) is 0 Å². The van der Waals surface area contributed by atoms with Crippen LogP contribution in [0.5, 0.6) is 0 Å². The fraction of sp³-hybridized carbons (Fsp3) is 0.417. The molecule has 0 aliphatic carbocycles. The Labute approximate surface area is 100 Å². The molecule has 16 heavy (non-hydrogen) atoms. The molecule has 0 atom stereocenters. The highest BCUT2D eigenvalue weighted by Gasteiger charge is 2.21. The van der Waals surface area contributed by atoms with Gasteiger partial charge in [-0.25, -0.2) is 4.79 Å². The molecule has 1 aromatic carbocycles. The van der Waals surface area contributed by atoms with Gasteiger partial charge in [-0.2, -0.15) is 0 Å². The Hall–Kier alpha value is -1.22. The van der Waals surface area contributed by atoms with E-state index in [2.05, 4.69) is 5.32 Å². The fourth-order valence-electron chi connectivity index (χ4n) is 1.67. The second-order valence-electron chi connectivity index (χ2n) is 4.56. The summed E-state index contributed by atoms with van der Waals surface area (Å²) in [6, 6.07) is 5.64. The van der Waals surface area contributed by atoms with Gasteiger partial charge in [0, 0.05) is 10.6 Å². The Morgan fingerprint density at radius 2 is 2.12 bits per heavy atom. The molecule has 0 bridgehead atoms. The van der Waals surface area contributed by atoms with E-state index in [4.69, 9.17) is 16.7 Å². The number of nitrogens with one attached hydrogen (secondary N) is 1. The predicted octanol–water partition coefficient (Wildman–Crippen LogP) is 3.24. The van der Waals surface area contributed by atoms with E-state index in [1.807, 2.05) is 39.0 Å². The molecular formula is C12H16ClNO2. The first-order chi connectivity index (χ1) is 7.30. The first kappa shape index (κ1) is 12.8. The highest BCUT2D eigenvalue weighted by Crippen LogP contribution is 2.20. The molecule has 1 amide bonds. The van der Waals surface area contributed by atoms with Crippen molar-refractivity contribution >= 4 is 17.7 Å². The summed E-state index contributed by atoms with van der Waals surface area (Å²) >= 11 is 5.86. The van der Waals surface area contributed by atoms with Crippen LogP contribution < -0.4 is 5.32 Å². The molecule has 0 radical (unpaired) electrons. The number of carboxylic acid groups (broad SMARTS) is 1. The van der Waals surface area contributed by atoms with Crippen LogP contribution in [0.4, 0.5) is 4.79 Å². The van der Waals surface area contributed by atoms with Crippen LogP contribution in [0.15, 0.2) is 18.2 Å². The topological polar surface area (TPSA) is 49.3 Å². The number of hydrogen-bond donors (Lipinski definition) is 2. The summed E-state index contributed by atoms with van der Waals surface area (Å²) in [7, 11) is 0. The molecule has 1 aromatic rings. The maximum atomic E-state index is 10.6. The van der Waals surface area contributed by atoms with E-state index >= 15 is 0 Å². The molecule has 0 saturated carbocycles.